The van der Waals surface area contributed by atoms with E-state index in [9.17, 15) is 18.7 Å². The Labute approximate surface area is 218 Å². The number of rotatable bonds is 10. The lowest BCUT2D eigenvalue weighted by molar-refractivity contribution is -0.115. The van der Waals surface area contributed by atoms with Crippen molar-refractivity contribution in [1.29, 1.82) is 0 Å². The summed E-state index contributed by atoms with van der Waals surface area (Å²) in [7, 11) is 0. The van der Waals surface area contributed by atoms with Crippen molar-refractivity contribution in [2.24, 2.45) is 0 Å². The highest BCUT2D eigenvalue weighted by molar-refractivity contribution is 5.92. The Morgan fingerprint density at radius 3 is 2.39 bits per heavy atom. The molecule has 0 aliphatic carbocycles. The molecule has 1 amide bonds. The number of aryl methyl sites for hydroxylation is 2. The first-order valence-corrected chi connectivity index (χ1v) is 12.1. The number of hydrogen-bond acceptors (Lipinski definition) is 7. The molecule has 2 N–H and O–H groups in total. The average molecular weight is 523 g/mol. The van der Waals surface area contributed by atoms with E-state index in [4.69, 9.17) is 9.26 Å². The van der Waals surface area contributed by atoms with Crippen LogP contribution in [-0.4, -0.2) is 38.8 Å². The standard InChI is InChI=1S/C28H28F2N4O4/c1-17-24(18(2)38-34-17)12-15-37-27-26(31-13-14-32-27)21-6-10-23(11-7-21)33-25(36)16-20-4-8-22(9-5-20)28(29,30)19(3)35/h4-11,13-14,19,35H,12,15-16H2,1-3H3,(H,33,36). The van der Waals surface area contributed by atoms with Gasteiger partial charge < -0.3 is 19.7 Å². The fourth-order valence-electron chi connectivity index (χ4n) is 3.93. The van der Waals surface area contributed by atoms with E-state index >= 15 is 0 Å². The van der Waals surface area contributed by atoms with Crippen LogP contribution < -0.4 is 10.1 Å². The number of nitrogens with zero attached hydrogens (tertiary/aromatic N) is 3. The van der Waals surface area contributed by atoms with E-state index in [1.807, 2.05) is 13.8 Å². The Kier molecular flexibility index (Phi) is 8.11. The lowest BCUT2D eigenvalue weighted by atomic mass is 10.0. The summed E-state index contributed by atoms with van der Waals surface area (Å²) in [4.78, 5) is 21.2. The van der Waals surface area contributed by atoms with Gasteiger partial charge in [-0.2, -0.15) is 8.78 Å². The van der Waals surface area contributed by atoms with Crippen LogP contribution in [0.25, 0.3) is 11.3 Å². The minimum atomic E-state index is -3.36. The highest BCUT2D eigenvalue weighted by Gasteiger charge is 2.37. The van der Waals surface area contributed by atoms with Crippen molar-refractivity contribution < 1.29 is 27.9 Å². The maximum Gasteiger partial charge on any atom is 0.298 e. The molecule has 4 aromatic rings. The predicted molar refractivity (Wildman–Crippen MR) is 137 cm³/mol. The highest BCUT2D eigenvalue weighted by Crippen LogP contribution is 2.32. The Hall–Kier alpha value is -4.18. The second-order valence-corrected chi connectivity index (χ2v) is 8.91. The van der Waals surface area contributed by atoms with Crippen LogP contribution in [0.4, 0.5) is 14.5 Å². The Bertz CT molecular complexity index is 1370. The first-order chi connectivity index (χ1) is 18.1. The van der Waals surface area contributed by atoms with Crippen LogP contribution in [0.15, 0.2) is 65.4 Å². The van der Waals surface area contributed by atoms with Crippen LogP contribution in [0.2, 0.25) is 0 Å². The monoisotopic (exact) mass is 522 g/mol. The summed E-state index contributed by atoms with van der Waals surface area (Å²) in [6.45, 7) is 5.16. The van der Waals surface area contributed by atoms with Crippen molar-refractivity contribution in [2.45, 2.75) is 45.6 Å². The SMILES string of the molecule is Cc1noc(C)c1CCOc1nccnc1-c1ccc(NC(=O)Cc2ccc(C(F)(F)C(C)O)cc2)cc1. The summed E-state index contributed by atoms with van der Waals surface area (Å²) in [5.74, 6) is -2.50. The van der Waals surface area contributed by atoms with Gasteiger partial charge in [0.2, 0.25) is 11.8 Å². The van der Waals surface area contributed by atoms with Crippen molar-refractivity contribution in [1.82, 2.24) is 15.1 Å². The molecule has 1 unspecified atom stereocenters. The van der Waals surface area contributed by atoms with Crippen molar-refractivity contribution in [2.75, 3.05) is 11.9 Å². The first-order valence-electron chi connectivity index (χ1n) is 12.1. The smallest absolute Gasteiger partial charge is 0.298 e. The maximum absolute atomic E-state index is 13.9. The molecule has 2 aromatic heterocycles. The number of benzene rings is 2. The Morgan fingerprint density at radius 2 is 1.76 bits per heavy atom. The molecule has 0 aliphatic heterocycles. The summed E-state index contributed by atoms with van der Waals surface area (Å²) in [5, 5.41) is 16.0. The summed E-state index contributed by atoms with van der Waals surface area (Å²) in [6, 6.07) is 12.4. The van der Waals surface area contributed by atoms with Crippen molar-refractivity contribution in [3.8, 4) is 17.1 Å². The predicted octanol–water partition coefficient (Wildman–Crippen LogP) is 5.02. The van der Waals surface area contributed by atoms with Crippen LogP contribution in [0, 0.1) is 13.8 Å². The fraction of sp³-hybridized carbons (Fsp3) is 0.286. The molecule has 0 bridgehead atoms. The number of nitrogens with one attached hydrogen (secondary N) is 1. The third-order valence-electron chi connectivity index (χ3n) is 6.11. The van der Waals surface area contributed by atoms with Gasteiger partial charge >= 0.3 is 0 Å². The minimum absolute atomic E-state index is 0.00949. The number of anilines is 1. The molecule has 4 rings (SSSR count). The van der Waals surface area contributed by atoms with Crippen molar-refractivity contribution >= 4 is 11.6 Å². The van der Waals surface area contributed by atoms with Gasteiger partial charge in [-0.3, -0.25) is 4.79 Å². The van der Waals surface area contributed by atoms with Crippen LogP contribution >= 0.6 is 0 Å². The molecule has 0 radical (unpaired) electrons. The Morgan fingerprint density at radius 1 is 1.08 bits per heavy atom. The van der Waals surface area contributed by atoms with Crippen LogP contribution in [0.1, 0.15) is 35.1 Å². The maximum atomic E-state index is 13.9. The average Bonchev–Trinajstić information content (AvgIpc) is 3.22. The molecule has 38 heavy (non-hydrogen) atoms. The molecule has 8 nitrogen and oxygen atoms in total. The van der Waals surface area contributed by atoms with E-state index in [2.05, 4.69) is 20.4 Å². The molecule has 198 valence electrons. The van der Waals surface area contributed by atoms with Gasteiger partial charge in [0.15, 0.2) is 0 Å². The molecule has 0 saturated carbocycles. The van der Waals surface area contributed by atoms with E-state index in [-0.39, 0.29) is 17.9 Å². The number of ether oxygens (including phenoxy) is 1. The summed E-state index contributed by atoms with van der Waals surface area (Å²) < 4.78 is 39.0. The highest BCUT2D eigenvalue weighted by atomic mass is 19.3. The van der Waals surface area contributed by atoms with Crippen LogP contribution in [0.3, 0.4) is 0 Å². The molecule has 0 aliphatic rings. The molecular formula is C28H28F2N4O4. The number of halogens is 2. The largest absolute Gasteiger partial charge is 0.476 e. The van der Waals surface area contributed by atoms with Gasteiger partial charge in [-0.25, -0.2) is 9.97 Å². The lowest BCUT2D eigenvalue weighted by Gasteiger charge is -2.19. The zero-order valence-electron chi connectivity index (χ0n) is 21.2. The number of aliphatic hydroxyl groups is 1. The normalized spacial score (nSPS) is 12.3. The van der Waals surface area contributed by atoms with Gasteiger partial charge in [-0.15, -0.1) is 0 Å². The van der Waals surface area contributed by atoms with Gasteiger partial charge in [0.05, 0.1) is 18.7 Å². The van der Waals surface area contributed by atoms with E-state index in [1.165, 1.54) is 24.3 Å². The molecule has 1 atom stereocenters. The lowest BCUT2D eigenvalue weighted by Crippen LogP contribution is -2.27. The first kappa shape index (κ1) is 26.9. The second kappa shape index (κ2) is 11.5. The molecule has 0 fully saturated rings. The number of amides is 1. The van der Waals surface area contributed by atoms with Crippen molar-refractivity contribution in [3.05, 3.63) is 89.1 Å². The zero-order valence-corrected chi connectivity index (χ0v) is 21.2. The molecule has 10 heteroatoms. The number of carbonyl (C=O) groups excluding carboxylic acids is 1. The number of hydrogen-bond donors (Lipinski definition) is 2. The Balaban J connectivity index is 1.36. The van der Waals surface area contributed by atoms with E-state index in [1.54, 1.807) is 36.7 Å². The second-order valence-electron chi connectivity index (χ2n) is 8.91. The van der Waals surface area contributed by atoms with Crippen LogP contribution in [-0.2, 0) is 23.6 Å². The van der Waals surface area contributed by atoms with E-state index < -0.39 is 12.0 Å². The van der Waals surface area contributed by atoms with Gasteiger partial charge in [0.1, 0.15) is 17.6 Å². The number of aliphatic hydroxyl groups excluding tert-OH is 1. The van der Waals surface area contributed by atoms with Gasteiger partial charge in [-0.05, 0) is 38.5 Å². The number of carbonyl (C=O) groups is 1. The number of aromatic nitrogens is 3. The molecule has 0 saturated heterocycles. The fourth-order valence-corrected chi connectivity index (χ4v) is 3.93. The third-order valence-corrected chi connectivity index (χ3v) is 6.11. The van der Waals surface area contributed by atoms with Crippen molar-refractivity contribution in [3.63, 3.8) is 0 Å². The van der Waals surface area contributed by atoms with E-state index in [0.29, 0.717) is 35.9 Å². The van der Waals surface area contributed by atoms with Crippen LogP contribution in [0.5, 0.6) is 5.88 Å². The topological polar surface area (TPSA) is 110 Å². The molecular weight excluding hydrogens is 494 g/mol. The summed E-state index contributed by atoms with van der Waals surface area (Å²) >= 11 is 0. The summed E-state index contributed by atoms with van der Waals surface area (Å²) in [6.07, 6.45) is 1.96. The molecule has 0 spiro atoms. The van der Waals surface area contributed by atoms with E-state index in [0.717, 1.165) is 29.5 Å². The van der Waals surface area contributed by atoms with Gasteiger partial charge in [0, 0.05) is 41.2 Å². The van der Waals surface area contributed by atoms with Gasteiger partial charge in [0.25, 0.3) is 5.92 Å². The quantitative estimate of drug-likeness (QED) is 0.301. The van der Waals surface area contributed by atoms with Gasteiger partial charge in [-0.1, -0.05) is 41.6 Å². The summed E-state index contributed by atoms with van der Waals surface area (Å²) in [5.41, 5.74) is 4.00. The minimum Gasteiger partial charge on any atom is -0.476 e. The zero-order chi connectivity index (χ0) is 27.3. The number of alkyl halides is 2. The third kappa shape index (κ3) is 6.20. The molecule has 2 heterocycles. The molecule has 2 aromatic carbocycles.